The molecule has 0 aromatic rings. The third-order valence-electron chi connectivity index (χ3n) is 3.32. The Kier molecular flexibility index (Phi) is 15.6. The molecule has 0 aromatic heterocycles. The van der Waals surface area contributed by atoms with Crippen molar-refractivity contribution in [3.8, 4) is 0 Å². The number of guanidine groups is 1. The van der Waals surface area contributed by atoms with Crippen LogP contribution in [0.15, 0.2) is 4.99 Å². The lowest BCUT2D eigenvalue weighted by Gasteiger charge is -2.20. The SMILES string of the molecule is CCCN(CC)CCN=C(NCC)NC(C)CCS(C)(=O)=O.I. The van der Waals surface area contributed by atoms with Crippen LogP contribution in [0.3, 0.4) is 0 Å². The highest BCUT2D eigenvalue weighted by Crippen LogP contribution is 1.96. The Morgan fingerprint density at radius 1 is 1.22 bits per heavy atom. The summed E-state index contributed by atoms with van der Waals surface area (Å²) in [6, 6.07) is 0.0745. The number of sulfone groups is 1. The second-order valence-electron chi connectivity index (χ2n) is 5.66. The monoisotopic (exact) mass is 462 g/mol. The van der Waals surface area contributed by atoms with Gasteiger partial charge in [0, 0.05) is 25.4 Å². The number of hydrogen-bond acceptors (Lipinski definition) is 4. The van der Waals surface area contributed by atoms with Gasteiger partial charge < -0.3 is 15.5 Å². The van der Waals surface area contributed by atoms with Crippen LogP contribution < -0.4 is 10.6 Å². The fourth-order valence-electron chi connectivity index (χ4n) is 2.06. The van der Waals surface area contributed by atoms with Crippen molar-refractivity contribution in [2.45, 2.75) is 46.6 Å². The summed E-state index contributed by atoms with van der Waals surface area (Å²) in [6.07, 6.45) is 3.00. The molecule has 0 heterocycles. The maximum atomic E-state index is 11.2. The summed E-state index contributed by atoms with van der Waals surface area (Å²) in [4.78, 5) is 6.95. The van der Waals surface area contributed by atoms with Crippen LogP contribution in [0.5, 0.6) is 0 Å². The lowest BCUT2D eigenvalue weighted by molar-refractivity contribution is 0.297. The molecule has 0 fully saturated rings. The summed E-state index contributed by atoms with van der Waals surface area (Å²) in [7, 11) is -2.91. The number of likely N-dealkylation sites (N-methyl/N-ethyl adjacent to an activating group) is 1. The fourth-order valence-corrected chi connectivity index (χ4v) is 2.85. The molecule has 0 rings (SSSR count). The van der Waals surface area contributed by atoms with Crippen LogP contribution in [0.4, 0.5) is 0 Å². The molecular weight excluding hydrogens is 427 g/mol. The third-order valence-corrected chi connectivity index (χ3v) is 4.30. The average Bonchev–Trinajstić information content (AvgIpc) is 2.43. The van der Waals surface area contributed by atoms with Crippen LogP contribution in [0.2, 0.25) is 0 Å². The summed E-state index contributed by atoms with van der Waals surface area (Å²) in [5.41, 5.74) is 0. The van der Waals surface area contributed by atoms with Crippen molar-refractivity contribution in [3.63, 3.8) is 0 Å². The molecule has 0 aliphatic rings. The first kappa shape index (κ1) is 25.2. The maximum absolute atomic E-state index is 11.2. The molecule has 0 bridgehead atoms. The molecule has 0 spiro atoms. The van der Waals surface area contributed by atoms with E-state index in [1.165, 1.54) is 6.26 Å². The van der Waals surface area contributed by atoms with Gasteiger partial charge in [-0.05, 0) is 39.8 Å². The highest BCUT2D eigenvalue weighted by atomic mass is 127. The summed E-state index contributed by atoms with van der Waals surface area (Å²) in [5, 5.41) is 6.48. The minimum atomic E-state index is -2.91. The van der Waals surface area contributed by atoms with Crippen molar-refractivity contribution in [2.24, 2.45) is 4.99 Å². The van der Waals surface area contributed by atoms with Gasteiger partial charge in [-0.1, -0.05) is 13.8 Å². The van der Waals surface area contributed by atoms with E-state index in [0.717, 1.165) is 45.1 Å². The first-order chi connectivity index (χ1) is 10.3. The van der Waals surface area contributed by atoms with E-state index in [2.05, 4.69) is 34.4 Å². The number of nitrogens with zero attached hydrogens (tertiary/aromatic N) is 2. The van der Waals surface area contributed by atoms with E-state index in [9.17, 15) is 8.42 Å². The molecule has 0 aromatic carbocycles. The largest absolute Gasteiger partial charge is 0.357 e. The molecule has 1 atom stereocenters. The first-order valence-corrected chi connectivity index (χ1v) is 10.3. The van der Waals surface area contributed by atoms with Crippen molar-refractivity contribution in [3.05, 3.63) is 0 Å². The van der Waals surface area contributed by atoms with Crippen LogP contribution >= 0.6 is 24.0 Å². The van der Waals surface area contributed by atoms with Gasteiger partial charge >= 0.3 is 0 Å². The van der Waals surface area contributed by atoms with Gasteiger partial charge in [0.05, 0.1) is 12.3 Å². The number of rotatable bonds is 11. The molecule has 0 amide bonds. The van der Waals surface area contributed by atoms with Gasteiger partial charge in [0.2, 0.25) is 0 Å². The van der Waals surface area contributed by atoms with Crippen LogP contribution in [-0.4, -0.2) is 70.1 Å². The normalized spacial score (nSPS) is 13.6. The zero-order chi connectivity index (χ0) is 17.0. The maximum Gasteiger partial charge on any atom is 0.191 e. The van der Waals surface area contributed by atoms with E-state index >= 15 is 0 Å². The predicted octanol–water partition coefficient (Wildman–Crippen LogP) is 1.71. The van der Waals surface area contributed by atoms with Gasteiger partial charge in [-0.2, -0.15) is 0 Å². The zero-order valence-electron chi connectivity index (χ0n) is 15.3. The average molecular weight is 462 g/mol. The number of hydrogen-bond donors (Lipinski definition) is 2. The number of nitrogens with one attached hydrogen (secondary N) is 2. The molecule has 23 heavy (non-hydrogen) atoms. The lowest BCUT2D eigenvalue weighted by Crippen LogP contribution is -2.43. The minimum Gasteiger partial charge on any atom is -0.357 e. The van der Waals surface area contributed by atoms with E-state index in [4.69, 9.17) is 0 Å². The molecule has 0 saturated carbocycles. The topological polar surface area (TPSA) is 73.8 Å². The van der Waals surface area contributed by atoms with Crippen LogP contribution in [0.25, 0.3) is 0 Å². The molecule has 6 nitrogen and oxygen atoms in total. The van der Waals surface area contributed by atoms with Crippen molar-refractivity contribution in [2.75, 3.05) is 44.7 Å². The summed E-state index contributed by atoms with van der Waals surface area (Å²) in [5.74, 6) is 0.955. The molecule has 0 aliphatic carbocycles. The van der Waals surface area contributed by atoms with Crippen LogP contribution in [0.1, 0.15) is 40.5 Å². The Hall–Kier alpha value is -0.0900. The molecule has 8 heteroatoms. The Labute approximate surface area is 159 Å². The van der Waals surface area contributed by atoms with E-state index in [-0.39, 0.29) is 35.8 Å². The predicted molar refractivity (Wildman–Crippen MR) is 111 cm³/mol. The standard InChI is InChI=1S/C15H34N4O2S.HI/c1-6-11-19(8-3)12-10-17-15(16-7-2)18-14(4)9-13-22(5,20)21;/h14H,6-13H2,1-5H3,(H2,16,17,18);1H. The van der Waals surface area contributed by atoms with E-state index in [1.54, 1.807) is 0 Å². The number of halogens is 1. The Bertz CT molecular complexity index is 416. The van der Waals surface area contributed by atoms with E-state index in [1.807, 2.05) is 13.8 Å². The number of aliphatic imine (C=N–C) groups is 1. The van der Waals surface area contributed by atoms with Crippen LogP contribution in [-0.2, 0) is 9.84 Å². The molecule has 140 valence electrons. The zero-order valence-corrected chi connectivity index (χ0v) is 18.4. The molecule has 0 saturated heterocycles. The Morgan fingerprint density at radius 2 is 1.87 bits per heavy atom. The van der Waals surface area contributed by atoms with Gasteiger partial charge in [0.15, 0.2) is 5.96 Å². The van der Waals surface area contributed by atoms with E-state index < -0.39 is 9.84 Å². The second-order valence-corrected chi connectivity index (χ2v) is 7.92. The fraction of sp³-hybridized carbons (Fsp3) is 0.933. The van der Waals surface area contributed by atoms with Crippen molar-refractivity contribution < 1.29 is 8.42 Å². The summed E-state index contributed by atoms with van der Waals surface area (Å²) >= 11 is 0. The van der Waals surface area contributed by atoms with Gasteiger partial charge in [0.1, 0.15) is 9.84 Å². The lowest BCUT2D eigenvalue weighted by atomic mass is 10.3. The highest BCUT2D eigenvalue weighted by molar-refractivity contribution is 14.0. The minimum absolute atomic E-state index is 0. The van der Waals surface area contributed by atoms with E-state index in [0.29, 0.717) is 6.42 Å². The van der Waals surface area contributed by atoms with Gasteiger partial charge in [-0.25, -0.2) is 8.42 Å². The van der Waals surface area contributed by atoms with Crippen LogP contribution in [0, 0.1) is 0 Å². The highest BCUT2D eigenvalue weighted by Gasteiger charge is 2.09. The molecule has 1 unspecified atom stereocenters. The molecule has 0 radical (unpaired) electrons. The van der Waals surface area contributed by atoms with Gasteiger partial charge in [0.25, 0.3) is 0 Å². The quantitative estimate of drug-likeness (QED) is 0.278. The Morgan fingerprint density at radius 3 is 2.35 bits per heavy atom. The second kappa shape index (κ2) is 14.3. The summed E-state index contributed by atoms with van der Waals surface area (Å²) in [6.45, 7) is 13.0. The Balaban J connectivity index is 0. The first-order valence-electron chi connectivity index (χ1n) is 8.27. The molecular formula is C15H35IN4O2S. The third kappa shape index (κ3) is 15.2. The van der Waals surface area contributed by atoms with Crippen molar-refractivity contribution in [1.29, 1.82) is 0 Å². The smallest absolute Gasteiger partial charge is 0.191 e. The van der Waals surface area contributed by atoms with Gasteiger partial charge in [-0.3, -0.25) is 4.99 Å². The van der Waals surface area contributed by atoms with Crippen molar-refractivity contribution >= 4 is 39.8 Å². The van der Waals surface area contributed by atoms with Crippen molar-refractivity contribution in [1.82, 2.24) is 15.5 Å². The molecule has 2 N–H and O–H groups in total. The summed E-state index contributed by atoms with van der Waals surface area (Å²) < 4.78 is 22.4. The van der Waals surface area contributed by atoms with Gasteiger partial charge in [-0.15, -0.1) is 24.0 Å². The molecule has 0 aliphatic heterocycles.